The first-order valence-corrected chi connectivity index (χ1v) is 13.5. The summed E-state index contributed by atoms with van der Waals surface area (Å²) < 4.78 is 16.6. The maximum absolute atomic E-state index is 12.6. The fraction of sp³-hybridized carbons (Fsp3) is 0.690. The summed E-state index contributed by atoms with van der Waals surface area (Å²) in [7, 11) is 0. The van der Waals surface area contributed by atoms with Gasteiger partial charge in [-0.1, -0.05) is 38.2 Å². The lowest BCUT2D eigenvalue weighted by molar-refractivity contribution is -0.157. The highest BCUT2D eigenvalue weighted by molar-refractivity contribution is 5.70. The molecule has 2 rings (SSSR count). The second-order valence-corrected chi connectivity index (χ2v) is 11.0. The first-order chi connectivity index (χ1) is 17.8. The summed E-state index contributed by atoms with van der Waals surface area (Å²) in [6.07, 6.45) is 8.21. The predicted octanol–water partition coefficient (Wildman–Crippen LogP) is 4.08. The first-order valence-electron chi connectivity index (χ1n) is 13.5. The van der Waals surface area contributed by atoms with E-state index in [0.717, 1.165) is 25.0 Å². The van der Waals surface area contributed by atoms with Crippen molar-refractivity contribution in [3.63, 3.8) is 0 Å². The highest BCUT2D eigenvalue weighted by atomic mass is 16.6. The Morgan fingerprint density at radius 3 is 2.61 bits per heavy atom. The van der Waals surface area contributed by atoms with Gasteiger partial charge in [0, 0.05) is 31.3 Å². The number of likely N-dealkylation sites (tertiary alicyclic amines) is 1. The number of aliphatic hydroxyl groups excluding tert-OH is 1. The van der Waals surface area contributed by atoms with Crippen LogP contribution in [0.2, 0.25) is 0 Å². The molecule has 9 heteroatoms. The molecule has 1 amide bonds. The number of rotatable bonds is 6. The molecular formula is C29H45NO8. The van der Waals surface area contributed by atoms with Crippen LogP contribution < -0.4 is 0 Å². The maximum atomic E-state index is 12.6. The highest BCUT2D eigenvalue weighted by Gasteiger charge is 2.35. The molecule has 2 heterocycles. The van der Waals surface area contributed by atoms with E-state index in [2.05, 4.69) is 0 Å². The van der Waals surface area contributed by atoms with Gasteiger partial charge in [0.25, 0.3) is 0 Å². The third-order valence-electron chi connectivity index (χ3n) is 7.12. The first kappa shape index (κ1) is 31.6. The zero-order chi connectivity index (χ0) is 28.5. The zero-order valence-electron chi connectivity index (χ0n) is 23.6. The lowest BCUT2D eigenvalue weighted by Crippen LogP contribution is -2.42. The van der Waals surface area contributed by atoms with Gasteiger partial charge in [0.15, 0.2) is 0 Å². The molecule has 0 aromatic rings. The molecule has 9 nitrogen and oxygen atoms in total. The molecule has 0 bridgehead atoms. The number of hydrogen-bond acceptors (Lipinski definition) is 8. The Labute approximate surface area is 226 Å². The lowest BCUT2D eigenvalue weighted by atomic mass is 9.88. The molecule has 2 aliphatic rings. The number of carbonyl (C=O) groups is 3. The van der Waals surface area contributed by atoms with Crippen LogP contribution in [0, 0.1) is 11.8 Å². The van der Waals surface area contributed by atoms with E-state index in [4.69, 9.17) is 14.2 Å². The van der Waals surface area contributed by atoms with Crippen LogP contribution in [0.25, 0.3) is 0 Å². The number of carbonyl (C=O) groups excluding carboxylic acids is 3. The van der Waals surface area contributed by atoms with Gasteiger partial charge >= 0.3 is 18.0 Å². The summed E-state index contributed by atoms with van der Waals surface area (Å²) >= 11 is 0. The fourth-order valence-corrected chi connectivity index (χ4v) is 4.67. The minimum atomic E-state index is -1.42. The fourth-order valence-electron chi connectivity index (χ4n) is 4.67. The van der Waals surface area contributed by atoms with Crippen molar-refractivity contribution in [2.75, 3.05) is 13.2 Å². The third-order valence-corrected chi connectivity index (χ3v) is 7.12. The van der Waals surface area contributed by atoms with Gasteiger partial charge in [-0.15, -0.1) is 0 Å². The predicted molar refractivity (Wildman–Crippen MR) is 143 cm³/mol. The number of allylic oxidation sites excluding steroid dienone is 2. The van der Waals surface area contributed by atoms with Crippen LogP contribution in [0.4, 0.5) is 4.79 Å². The van der Waals surface area contributed by atoms with Crippen molar-refractivity contribution in [1.29, 1.82) is 0 Å². The summed E-state index contributed by atoms with van der Waals surface area (Å²) in [6, 6.07) is 0.208. The van der Waals surface area contributed by atoms with Gasteiger partial charge < -0.3 is 29.3 Å². The van der Waals surface area contributed by atoms with Gasteiger partial charge in [-0.2, -0.15) is 0 Å². The largest absolute Gasteiger partial charge is 0.457 e. The minimum Gasteiger partial charge on any atom is -0.457 e. The second kappa shape index (κ2) is 14.5. The molecule has 0 aromatic carbocycles. The van der Waals surface area contributed by atoms with E-state index >= 15 is 0 Å². The topological polar surface area (TPSA) is 123 Å². The van der Waals surface area contributed by atoms with Crippen molar-refractivity contribution in [2.45, 2.75) is 104 Å². The Morgan fingerprint density at radius 1 is 1.26 bits per heavy atom. The van der Waals surface area contributed by atoms with Crippen molar-refractivity contribution < 1.29 is 38.8 Å². The Balaban J connectivity index is 2.12. The normalized spacial score (nSPS) is 33.2. The van der Waals surface area contributed by atoms with Crippen molar-refractivity contribution in [3.8, 4) is 0 Å². The van der Waals surface area contributed by atoms with Crippen LogP contribution in [0.3, 0.4) is 0 Å². The third kappa shape index (κ3) is 9.91. The van der Waals surface area contributed by atoms with Crippen molar-refractivity contribution in [2.24, 2.45) is 11.8 Å². The summed E-state index contributed by atoms with van der Waals surface area (Å²) in [5.41, 5.74) is -0.647. The zero-order valence-corrected chi connectivity index (χ0v) is 23.6. The molecule has 0 radical (unpaired) electrons. The van der Waals surface area contributed by atoms with Crippen LogP contribution in [-0.2, 0) is 23.8 Å². The van der Waals surface area contributed by atoms with E-state index in [1.807, 2.05) is 45.9 Å². The Hall–Kier alpha value is -2.65. The molecule has 0 unspecified atom stereocenters. The van der Waals surface area contributed by atoms with Crippen molar-refractivity contribution in [3.05, 3.63) is 36.0 Å². The van der Waals surface area contributed by atoms with Crippen LogP contribution in [0.5, 0.6) is 0 Å². The SMILES string of the molecule is CC(=O)O[C@H]1/C=C\[C@H](C)[C@@H](/C(C)=C/C=C/[C@@H](C)COC(=O)N2CCC[C@@H]2C)OC(=O)C[C@H](O)CC[C@@]1(C)O. The number of hydrogen-bond donors (Lipinski definition) is 2. The summed E-state index contributed by atoms with van der Waals surface area (Å²) in [4.78, 5) is 38.2. The summed E-state index contributed by atoms with van der Waals surface area (Å²) in [6.45, 7) is 11.5. The van der Waals surface area contributed by atoms with E-state index in [0.29, 0.717) is 0 Å². The number of esters is 2. The van der Waals surface area contributed by atoms with Crippen LogP contribution in [0.1, 0.15) is 73.6 Å². The average Bonchev–Trinajstić information content (AvgIpc) is 3.27. The van der Waals surface area contributed by atoms with Gasteiger partial charge in [0.05, 0.1) is 19.1 Å². The number of ether oxygens (including phenoxy) is 3. The molecule has 2 aliphatic heterocycles. The molecule has 0 aliphatic carbocycles. The number of cyclic esters (lactones) is 1. The van der Waals surface area contributed by atoms with Gasteiger partial charge in [-0.3, -0.25) is 9.59 Å². The second-order valence-electron chi connectivity index (χ2n) is 11.0. The Kier molecular flexibility index (Phi) is 12.0. The molecule has 7 atom stereocenters. The van der Waals surface area contributed by atoms with Gasteiger partial charge in [-0.25, -0.2) is 4.79 Å². The lowest BCUT2D eigenvalue weighted by Gasteiger charge is -2.32. The smallest absolute Gasteiger partial charge is 0.410 e. The maximum Gasteiger partial charge on any atom is 0.410 e. The standard InChI is InChI=1S/C29H45NO8/c1-19(18-36-28(34)30-16-8-11-22(30)4)9-7-10-20(2)27-21(3)12-13-25(37-23(5)31)29(6,35)15-14-24(32)17-26(33)38-27/h7,9-10,12-13,19,21-22,24-25,27,32,35H,8,11,14-18H2,1-6H3/b9-7+,13-12-,20-10+/t19-,21+,22+,24-,25+,27-,29-/m1/s1. The molecule has 2 N–H and O–H groups in total. The van der Waals surface area contributed by atoms with Gasteiger partial charge in [-0.05, 0) is 58.1 Å². The van der Waals surface area contributed by atoms with Crippen LogP contribution in [-0.4, -0.2) is 76.3 Å². The molecular weight excluding hydrogens is 490 g/mol. The Bertz CT molecular complexity index is 908. The monoisotopic (exact) mass is 535 g/mol. The van der Waals surface area contributed by atoms with Gasteiger partial charge in [0.1, 0.15) is 17.8 Å². The average molecular weight is 536 g/mol. The molecule has 0 aromatic heterocycles. The molecule has 38 heavy (non-hydrogen) atoms. The van der Waals surface area contributed by atoms with Crippen molar-refractivity contribution >= 4 is 18.0 Å². The molecule has 0 saturated carbocycles. The number of amides is 1. The van der Waals surface area contributed by atoms with Crippen LogP contribution in [0.15, 0.2) is 36.0 Å². The molecule has 214 valence electrons. The van der Waals surface area contributed by atoms with E-state index < -0.39 is 35.9 Å². The minimum absolute atomic E-state index is 0.0149. The summed E-state index contributed by atoms with van der Waals surface area (Å²) in [5.74, 6) is -1.39. The van der Waals surface area contributed by atoms with Crippen molar-refractivity contribution in [1.82, 2.24) is 4.90 Å². The molecule has 0 spiro atoms. The van der Waals surface area contributed by atoms with E-state index in [1.165, 1.54) is 6.92 Å². The quantitative estimate of drug-likeness (QED) is 0.226. The van der Waals surface area contributed by atoms with E-state index in [-0.39, 0.29) is 49.8 Å². The van der Waals surface area contributed by atoms with Gasteiger partial charge in [0.2, 0.25) is 0 Å². The summed E-state index contributed by atoms with van der Waals surface area (Å²) in [5, 5.41) is 21.3. The molecule has 1 saturated heterocycles. The Morgan fingerprint density at radius 2 is 1.97 bits per heavy atom. The highest BCUT2D eigenvalue weighted by Crippen LogP contribution is 2.27. The number of aliphatic hydroxyl groups is 2. The number of nitrogens with zero attached hydrogens (tertiary/aromatic N) is 1. The van der Waals surface area contributed by atoms with E-state index in [9.17, 15) is 24.6 Å². The van der Waals surface area contributed by atoms with Crippen LogP contribution >= 0.6 is 0 Å². The van der Waals surface area contributed by atoms with E-state index in [1.54, 1.807) is 24.0 Å². The molecule has 1 fully saturated rings.